The van der Waals surface area contributed by atoms with Crippen molar-refractivity contribution in [1.82, 2.24) is 10.6 Å². The second-order valence-corrected chi connectivity index (χ2v) is 9.28. The van der Waals surface area contributed by atoms with Gasteiger partial charge in [0.05, 0.1) is 12.8 Å². The van der Waals surface area contributed by atoms with Crippen LogP contribution in [-0.2, 0) is 28.7 Å². The van der Waals surface area contributed by atoms with E-state index >= 15 is 0 Å². The Morgan fingerprint density at radius 3 is 1.18 bits per heavy atom. The first-order chi connectivity index (χ1) is 18.2. The molecule has 0 saturated carbocycles. The minimum absolute atomic E-state index is 0. The summed E-state index contributed by atoms with van der Waals surface area (Å²) in [5.41, 5.74) is 0. The summed E-state index contributed by atoms with van der Waals surface area (Å²) in [7, 11) is 0. The summed E-state index contributed by atoms with van der Waals surface area (Å²) in [4.78, 5) is 43.4. The Morgan fingerprint density at radius 2 is 0.900 bits per heavy atom. The molecule has 12 heteroatoms. The largest absolute Gasteiger partial charge is 1.00 e. The molecule has 0 aliphatic carbocycles. The van der Waals surface area contributed by atoms with Crippen molar-refractivity contribution in [3.05, 3.63) is 0 Å². The number of carboxylic acids is 2. The number of nitrogens with one attached hydrogen (secondary N) is 2. The van der Waals surface area contributed by atoms with Crippen LogP contribution < -0.4 is 80.0 Å². The predicted molar refractivity (Wildman–Crippen MR) is 143 cm³/mol. The zero-order valence-electron chi connectivity index (χ0n) is 26.1. The Kier molecular flexibility index (Phi) is 40.9. The van der Waals surface area contributed by atoms with Crippen molar-refractivity contribution in [3.63, 3.8) is 0 Å². The smallest absolute Gasteiger partial charge is 0.550 e. The van der Waals surface area contributed by atoms with E-state index in [2.05, 4.69) is 24.5 Å². The molecule has 0 aromatic carbocycles. The van der Waals surface area contributed by atoms with Crippen molar-refractivity contribution >= 4 is 23.9 Å². The van der Waals surface area contributed by atoms with Crippen molar-refractivity contribution < 1.29 is 98.0 Å². The average molecular weight is 591 g/mol. The van der Waals surface area contributed by atoms with E-state index in [9.17, 15) is 29.4 Å². The number of hydrogen-bond donors (Lipinski definition) is 2. The number of ether oxygens (including phenoxy) is 2. The second kappa shape index (κ2) is 35.0. The summed E-state index contributed by atoms with van der Waals surface area (Å²) < 4.78 is 10.7. The van der Waals surface area contributed by atoms with Gasteiger partial charge < -0.3 is 39.9 Å². The number of rotatable bonds is 24. The summed E-state index contributed by atoms with van der Waals surface area (Å²) in [6.45, 7) is 9.85. The van der Waals surface area contributed by atoms with Crippen molar-refractivity contribution in [2.24, 2.45) is 0 Å². The van der Waals surface area contributed by atoms with E-state index in [1.807, 2.05) is 13.8 Å². The second-order valence-electron chi connectivity index (χ2n) is 9.28. The van der Waals surface area contributed by atoms with E-state index in [1.54, 1.807) is 0 Å². The molecule has 40 heavy (non-hydrogen) atoms. The van der Waals surface area contributed by atoms with E-state index in [1.165, 1.54) is 12.8 Å². The number of carboxylic acid groups (broad SMARTS) is 2. The van der Waals surface area contributed by atoms with Crippen LogP contribution in [0.3, 0.4) is 0 Å². The zero-order chi connectivity index (χ0) is 29.0. The first kappa shape index (κ1) is 46.7. The van der Waals surface area contributed by atoms with Gasteiger partial charge in [-0.3, -0.25) is 9.59 Å². The first-order valence-corrected chi connectivity index (χ1v) is 14.4. The first-order valence-electron chi connectivity index (χ1n) is 14.4. The Labute approximate surface area is 286 Å². The maximum atomic E-state index is 11.6. The van der Waals surface area contributed by atoms with Crippen LogP contribution in [0.15, 0.2) is 0 Å². The van der Waals surface area contributed by atoms with Gasteiger partial charge in [0.2, 0.25) is 0 Å². The molecule has 2 atom stereocenters. The molecule has 0 aromatic rings. The average Bonchev–Trinajstić information content (AvgIpc) is 2.87. The van der Waals surface area contributed by atoms with Crippen LogP contribution in [0.5, 0.6) is 0 Å². The SMILES string of the molecule is CCCCCC(CC)OC(=O)CCNCCC(=O)[O-].CCCCCC(CC)OC(=O)CCNCCC(=O)[O-].[Na+].[Na+]. The molecule has 2 unspecified atom stereocenters. The number of carbonyl (C=O) groups is 4. The van der Waals surface area contributed by atoms with Gasteiger partial charge in [0, 0.05) is 38.1 Å². The Bertz CT molecular complexity index is 575. The van der Waals surface area contributed by atoms with Crippen LogP contribution in [0.25, 0.3) is 0 Å². The van der Waals surface area contributed by atoms with Crippen molar-refractivity contribution in [1.29, 1.82) is 0 Å². The van der Waals surface area contributed by atoms with Gasteiger partial charge >= 0.3 is 71.1 Å². The molecule has 0 bridgehead atoms. The van der Waals surface area contributed by atoms with Crippen LogP contribution in [0.2, 0.25) is 0 Å². The molecule has 0 fully saturated rings. The molecule has 0 rings (SSSR count). The molecular formula is C28H52N2Na2O8. The fourth-order valence-electron chi connectivity index (χ4n) is 3.44. The normalized spacial score (nSPS) is 11.5. The maximum Gasteiger partial charge on any atom is 1.00 e. The molecule has 0 aromatic heterocycles. The van der Waals surface area contributed by atoms with Crippen molar-refractivity contribution in [2.75, 3.05) is 26.2 Å². The van der Waals surface area contributed by atoms with Crippen molar-refractivity contribution in [3.8, 4) is 0 Å². The van der Waals surface area contributed by atoms with Gasteiger partial charge in [-0.25, -0.2) is 0 Å². The number of carbonyl (C=O) groups excluding carboxylic acids is 4. The fraction of sp³-hybridized carbons (Fsp3) is 0.857. The van der Waals surface area contributed by atoms with E-state index in [-0.39, 0.29) is 109 Å². The van der Waals surface area contributed by atoms with Crippen LogP contribution in [0, 0.1) is 0 Å². The fourth-order valence-corrected chi connectivity index (χ4v) is 3.44. The maximum absolute atomic E-state index is 11.6. The minimum atomic E-state index is -1.09. The van der Waals surface area contributed by atoms with Gasteiger partial charge in [-0.2, -0.15) is 0 Å². The predicted octanol–water partition coefficient (Wildman–Crippen LogP) is -3.98. The van der Waals surface area contributed by atoms with E-state index < -0.39 is 11.9 Å². The van der Waals surface area contributed by atoms with Gasteiger partial charge in [0.25, 0.3) is 0 Å². The van der Waals surface area contributed by atoms with Crippen LogP contribution in [0.1, 0.15) is 118 Å². The Hall–Kier alpha value is -0.200. The summed E-state index contributed by atoms with van der Waals surface area (Å²) in [5, 5.41) is 26.1. The summed E-state index contributed by atoms with van der Waals surface area (Å²) in [6, 6.07) is 0. The summed E-state index contributed by atoms with van der Waals surface area (Å²) in [5.74, 6) is -2.61. The zero-order valence-corrected chi connectivity index (χ0v) is 30.1. The molecule has 0 saturated heterocycles. The molecule has 0 aliphatic rings. The van der Waals surface area contributed by atoms with Crippen LogP contribution >= 0.6 is 0 Å². The van der Waals surface area contributed by atoms with Gasteiger partial charge in [-0.05, 0) is 51.4 Å². The quantitative estimate of drug-likeness (QED) is 0.0646. The van der Waals surface area contributed by atoms with Gasteiger partial charge in [-0.15, -0.1) is 0 Å². The summed E-state index contributed by atoms with van der Waals surface area (Å²) >= 11 is 0. The molecule has 0 amide bonds. The third-order valence-corrected chi connectivity index (χ3v) is 5.79. The standard InChI is InChI=1S/2C14H27NO4.2Na/c2*1-3-5-6-7-12(4-2)19-14(18)9-11-15-10-8-13(16)17;;/h2*12,15H,3-11H2,1-2H3,(H,16,17);;/q;;2*+1/p-2. The molecular weight excluding hydrogens is 538 g/mol. The molecule has 0 spiro atoms. The third-order valence-electron chi connectivity index (χ3n) is 5.79. The van der Waals surface area contributed by atoms with Gasteiger partial charge in [0.15, 0.2) is 0 Å². The molecule has 0 radical (unpaired) electrons. The van der Waals surface area contributed by atoms with Crippen molar-refractivity contribution in [2.45, 2.75) is 130 Å². The topological polar surface area (TPSA) is 157 Å². The van der Waals surface area contributed by atoms with Gasteiger partial charge in [0.1, 0.15) is 12.2 Å². The molecule has 10 nitrogen and oxygen atoms in total. The number of hydrogen-bond acceptors (Lipinski definition) is 10. The number of unbranched alkanes of at least 4 members (excludes halogenated alkanes) is 4. The van der Waals surface area contributed by atoms with Crippen LogP contribution in [-0.4, -0.2) is 62.3 Å². The van der Waals surface area contributed by atoms with E-state index in [0.717, 1.165) is 51.4 Å². The monoisotopic (exact) mass is 590 g/mol. The number of aliphatic carboxylic acids is 2. The molecule has 0 heterocycles. The van der Waals surface area contributed by atoms with Gasteiger partial charge in [-0.1, -0.05) is 53.4 Å². The Balaban J connectivity index is -0.000000309. The van der Waals surface area contributed by atoms with E-state index in [4.69, 9.17) is 9.47 Å². The third kappa shape index (κ3) is 35.8. The molecule has 2 N–H and O–H groups in total. The minimum Gasteiger partial charge on any atom is -0.550 e. The Morgan fingerprint density at radius 1 is 0.575 bits per heavy atom. The summed E-state index contributed by atoms with van der Waals surface area (Å²) in [6.07, 6.45) is 10.9. The number of esters is 2. The molecule has 224 valence electrons. The van der Waals surface area contributed by atoms with Crippen LogP contribution in [0.4, 0.5) is 0 Å². The molecule has 0 aliphatic heterocycles. The van der Waals surface area contributed by atoms with E-state index in [0.29, 0.717) is 26.2 Å².